The number of aliphatic carboxylic acids is 1. The van der Waals surface area contributed by atoms with E-state index in [2.05, 4.69) is 36.4 Å². The van der Waals surface area contributed by atoms with Gasteiger partial charge in [-0.2, -0.15) is 0 Å². The summed E-state index contributed by atoms with van der Waals surface area (Å²) in [7, 11) is 0. The normalized spacial score (nSPS) is 15.7. The van der Waals surface area contributed by atoms with E-state index in [0.717, 1.165) is 16.7 Å². The lowest BCUT2D eigenvalue weighted by atomic mass is 9.84. The lowest BCUT2D eigenvalue weighted by Gasteiger charge is -2.41. The zero-order chi connectivity index (χ0) is 34.3. The molecule has 1 N–H and O–H groups in total. The van der Waals surface area contributed by atoms with Gasteiger partial charge in [0.25, 0.3) is 0 Å². The first-order chi connectivity index (χ1) is 23.9. The van der Waals surface area contributed by atoms with Crippen LogP contribution in [-0.2, 0) is 19.1 Å². The molecule has 5 aromatic carbocycles. The monoisotopic (exact) mass is 668 g/mol. The Bertz CT molecular complexity index is 1720. The molecule has 1 fully saturated rings. The Labute approximate surface area is 292 Å². The highest BCUT2D eigenvalue weighted by Crippen LogP contribution is 2.48. The zero-order valence-electron chi connectivity index (χ0n) is 27.5. The van der Waals surface area contributed by atoms with Crippen molar-refractivity contribution in [3.63, 3.8) is 0 Å². The highest BCUT2D eigenvalue weighted by molar-refractivity contribution is 8.00. The van der Waals surface area contributed by atoms with Gasteiger partial charge >= 0.3 is 5.97 Å². The summed E-state index contributed by atoms with van der Waals surface area (Å²) >= 11 is 1.70. The Morgan fingerprint density at radius 3 is 1.51 bits per heavy atom. The number of carbonyl (C=O) groups is 3. The molecule has 0 spiro atoms. The Balaban J connectivity index is 1.28. The summed E-state index contributed by atoms with van der Waals surface area (Å²) in [5.41, 5.74) is 2.53. The van der Waals surface area contributed by atoms with Gasteiger partial charge in [-0.1, -0.05) is 127 Å². The molecule has 248 valence electrons. The lowest BCUT2D eigenvalue weighted by molar-refractivity contribution is -0.150. The maximum Gasteiger partial charge on any atom is 0.337 e. The van der Waals surface area contributed by atoms with Crippen LogP contribution in [0.3, 0.4) is 0 Å². The molecule has 1 heterocycles. The molecular formula is C42H40N2O4S. The molecule has 1 aliphatic rings. The molecule has 1 saturated heterocycles. The van der Waals surface area contributed by atoms with Crippen molar-refractivity contribution in [2.75, 3.05) is 17.2 Å². The standard InChI is InChI=1S/C42H40N2O4S/c1-41(40(47)48,44(35-24-13-5-14-25-35)36-26-15-6-16-27-36)39(46)37-28-17-30-43(37)38(45)29-31-49-42(32-18-7-2-8-19-32,33-20-9-3-10-21-33)34-22-11-4-12-23-34/h2-16,18-27,37H,17,28-31H2,1H3,(H,47,48)/t37-,41+/m0/s1. The van der Waals surface area contributed by atoms with E-state index in [1.54, 1.807) is 45.8 Å². The molecule has 0 aliphatic carbocycles. The second kappa shape index (κ2) is 15.0. The van der Waals surface area contributed by atoms with Crippen LogP contribution >= 0.6 is 11.8 Å². The van der Waals surface area contributed by atoms with Gasteiger partial charge in [0.1, 0.15) is 0 Å². The van der Waals surface area contributed by atoms with Crippen LogP contribution in [0.25, 0.3) is 0 Å². The summed E-state index contributed by atoms with van der Waals surface area (Å²) in [5, 5.41) is 10.8. The quantitative estimate of drug-likeness (QED) is 0.100. The number of anilines is 2. The van der Waals surface area contributed by atoms with Gasteiger partial charge in [-0.25, -0.2) is 4.79 Å². The van der Waals surface area contributed by atoms with Crippen LogP contribution < -0.4 is 4.90 Å². The summed E-state index contributed by atoms with van der Waals surface area (Å²) in [6.45, 7) is 1.87. The van der Waals surface area contributed by atoms with Gasteiger partial charge in [-0.15, -0.1) is 11.8 Å². The first-order valence-electron chi connectivity index (χ1n) is 16.7. The van der Waals surface area contributed by atoms with Crippen molar-refractivity contribution < 1.29 is 19.5 Å². The highest BCUT2D eigenvalue weighted by Gasteiger charge is 2.53. The number of Topliss-reactive ketones (excluding diaryl/α,β-unsaturated/α-hetero) is 1. The molecule has 1 amide bonds. The maximum absolute atomic E-state index is 14.6. The molecule has 1 aliphatic heterocycles. The fourth-order valence-electron chi connectivity index (χ4n) is 7.00. The lowest BCUT2D eigenvalue weighted by Crippen LogP contribution is -2.62. The summed E-state index contributed by atoms with van der Waals surface area (Å²) in [5.74, 6) is -1.42. The number of ketones is 1. The van der Waals surface area contributed by atoms with Gasteiger partial charge in [0.05, 0.1) is 10.8 Å². The van der Waals surface area contributed by atoms with Gasteiger partial charge in [-0.3, -0.25) is 9.59 Å². The first kappa shape index (κ1) is 33.7. The number of nitrogens with zero attached hydrogens (tertiary/aromatic N) is 2. The largest absolute Gasteiger partial charge is 0.479 e. The maximum atomic E-state index is 14.6. The number of hydrogen-bond donors (Lipinski definition) is 1. The highest BCUT2D eigenvalue weighted by atomic mass is 32.2. The molecule has 5 aromatic rings. The Morgan fingerprint density at radius 2 is 1.10 bits per heavy atom. The first-order valence-corrected chi connectivity index (χ1v) is 17.6. The van der Waals surface area contributed by atoms with Crippen molar-refractivity contribution in [2.24, 2.45) is 0 Å². The topological polar surface area (TPSA) is 77.9 Å². The van der Waals surface area contributed by atoms with Crippen LogP contribution in [0.15, 0.2) is 152 Å². The number of carboxylic acid groups (broad SMARTS) is 1. The fraction of sp³-hybridized carbons (Fsp3) is 0.214. The Morgan fingerprint density at radius 1 is 0.694 bits per heavy atom. The number of para-hydroxylation sites is 2. The van der Waals surface area contributed by atoms with E-state index in [1.807, 2.05) is 91.0 Å². The fourth-order valence-corrected chi connectivity index (χ4v) is 8.49. The van der Waals surface area contributed by atoms with E-state index in [9.17, 15) is 19.5 Å². The average molecular weight is 669 g/mol. The number of likely N-dealkylation sites (tertiary alicyclic amines) is 1. The predicted octanol–water partition coefficient (Wildman–Crippen LogP) is 8.34. The third-order valence-corrected chi connectivity index (χ3v) is 11.0. The van der Waals surface area contributed by atoms with Crippen molar-refractivity contribution in [3.8, 4) is 0 Å². The SMILES string of the molecule is C[C@](C(=O)O)(C(=O)[C@@H]1CCCN1C(=O)CCSC(c1ccccc1)(c1ccccc1)c1ccccc1)N(c1ccccc1)c1ccccc1. The molecule has 7 heteroatoms. The van der Waals surface area contributed by atoms with E-state index in [-0.39, 0.29) is 12.3 Å². The average Bonchev–Trinajstić information content (AvgIpc) is 3.65. The molecule has 0 radical (unpaired) electrons. The molecule has 0 saturated carbocycles. The number of carbonyl (C=O) groups excluding carboxylic acids is 2. The van der Waals surface area contributed by atoms with Crippen LogP contribution in [-0.4, -0.2) is 51.5 Å². The molecule has 0 bridgehead atoms. The minimum absolute atomic E-state index is 0.148. The van der Waals surface area contributed by atoms with Gasteiger partial charge in [-0.05, 0) is 60.7 Å². The number of amides is 1. The van der Waals surface area contributed by atoms with Crippen LogP contribution in [0.5, 0.6) is 0 Å². The van der Waals surface area contributed by atoms with Crippen molar-refractivity contribution in [1.82, 2.24) is 4.90 Å². The zero-order valence-corrected chi connectivity index (χ0v) is 28.3. The second-order valence-corrected chi connectivity index (χ2v) is 13.7. The Kier molecular flexibility index (Phi) is 10.3. The predicted molar refractivity (Wildman–Crippen MR) is 197 cm³/mol. The molecular weight excluding hydrogens is 629 g/mol. The minimum Gasteiger partial charge on any atom is -0.479 e. The van der Waals surface area contributed by atoms with Crippen LogP contribution in [0.2, 0.25) is 0 Å². The van der Waals surface area contributed by atoms with Crippen molar-refractivity contribution in [3.05, 3.63) is 168 Å². The summed E-state index contributed by atoms with van der Waals surface area (Å²) in [6.07, 6.45) is 1.25. The van der Waals surface area contributed by atoms with Gasteiger partial charge < -0.3 is 14.9 Å². The van der Waals surface area contributed by atoms with E-state index >= 15 is 0 Å². The number of benzene rings is 5. The van der Waals surface area contributed by atoms with Gasteiger partial charge in [0.2, 0.25) is 11.4 Å². The third-order valence-electron chi connectivity index (χ3n) is 9.42. The Hall–Kier alpha value is -5.14. The molecule has 0 aromatic heterocycles. The van der Waals surface area contributed by atoms with E-state index in [1.165, 1.54) is 6.92 Å². The molecule has 2 atom stereocenters. The number of thioether (sulfide) groups is 1. The second-order valence-electron chi connectivity index (χ2n) is 12.4. The van der Waals surface area contributed by atoms with Crippen molar-refractivity contribution >= 4 is 40.8 Å². The number of carboxylic acids is 1. The molecule has 49 heavy (non-hydrogen) atoms. The molecule has 6 rings (SSSR count). The third kappa shape index (κ3) is 6.63. The van der Waals surface area contributed by atoms with Gasteiger partial charge in [0, 0.05) is 30.1 Å². The van der Waals surface area contributed by atoms with E-state index in [0.29, 0.717) is 36.5 Å². The van der Waals surface area contributed by atoms with Gasteiger partial charge in [0.15, 0.2) is 5.78 Å². The molecule has 6 nitrogen and oxygen atoms in total. The minimum atomic E-state index is -1.96. The van der Waals surface area contributed by atoms with Crippen LogP contribution in [0.4, 0.5) is 11.4 Å². The number of hydrogen-bond acceptors (Lipinski definition) is 5. The summed E-state index contributed by atoms with van der Waals surface area (Å²) in [6, 6.07) is 48.3. The van der Waals surface area contributed by atoms with Crippen LogP contribution in [0, 0.1) is 0 Å². The van der Waals surface area contributed by atoms with Crippen LogP contribution in [0.1, 0.15) is 42.9 Å². The summed E-state index contributed by atoms with van der Waals surface area (Å²) in [4.78, 5) is 45.0. The van der Waals surface area contributed by atoms with E-state index < -0.39 is 28.1 Å². The van der Waals surface area contributed by atoms with Crippen molar-refractivity contribution in [1.29, 1.82) is 0 Å². The smallest absolute Gasteiger partial charge is 0.337 e. The van der Waals surface area contributed by atoms with Crippen molar-refractivity contribution in [2.45, 2.75) is 42.5 Å². The molecule has 0 unspecified atom stereocenters. The van der Waals surface area contributed by atoms with E-state index in [4.69, 9.17) is 0 Å². The number of rotatable bonds is 13. The summed E-state index contributed by atoms with van der Waals surface area (Å²) < 4.78 is -0.571.